The maximum absolute atomic E-state index is 5.34. The Morgan fingerprint density at radius 1 is 0.824 bits per heavy atom. The van der Waals surface area contributed by atoms with Gasteiger partial charge in [0.15, 0.2) is 0 Å². The number of nitrogens with zero attached hydrogens (tertiary/aromatic N) is 1. The van der Waals surface area contributed by atoms with Gasteiger partial charge in [-0.2, -0.15) is 0 Å². The molecule has 0 spiro atoms. The van der Waals surface area contributed by atoms with Crippen molar-refractivity contribution in [2.24, 2.45) is 0 Å². The van der Waals surface area contributed by atoms with Crippen LogP contribution in [0.3, 0.4) is 0 Å². The quantitative estimate of drug-likeness (QED) is 0.702. The normalized spacial score (nSPS) is 9.71. The second kappa shape index (κ2) is 4.76. The van der Waals surface area contributed by atoms with Crippen molar-refractivity contribution in [1.82, 2.24) is 0 Å². The fraction of sp³-hybridized carbons (Fsp3) is 0.125. The lowest BCUT2D eigenvalue weighted by Gasteiger charge is -2.12. The molecule has 0 aliphatic heterocycles. The molecule has 0 aliphatic rings. The Balaban J connectivity index is 2.30. The number of rotatable bonds is 2. The predicted octanol–water partition coefficient (Wildman–Crippen LogP) is 3.40. The van der Waals surface area contributed by atoms with E-state index in [1.54, 1.807) is 0 Å². The molecule has 2 aromatic rings. The van der Waals surface area contributed by atoms with Crippen LogP contribution < -0.4 is 4.90 Å². The van der Waals surface area contributed by atoms with Gasteiger partial charge >= 0.3 is 0 Å². The summed E-state index contributed by atoms with van der Waals surface area (Å²) in [5.41, 5.74) is 4.51. The molecule has 0 amide bonds. The topological polar surface area (TPSA) is 3.24 Å². The fourth-order valence-corrected chi connectivity index (χ4v) is 1.71. The maximum atomic E-state index is 5.34. The summed E-state index contributed by atoms with van der Waals surface area (Å²) < 4.78 is 0. The van der Waals surface area contributed by atoms with Crippen molar-refractivity contribution in [1.29, 1.82) is 0 Å². The van der Waals surface area contributed by atoms with Crippen LogP contribution in [0.2, 0.25) is 0 Å². The maximum Gasteiger partial charge on any atom is 0.0361 e. The molecule has 1 heteroatoms. The van der Waals surface area contributed by atoms with Gasteiger partial charge in [-0.25, -0.2) is 0 Å². The molecule has 0 unspecified atom stereocenters. The van der Waals surface area contributed by atoms with Gasteiger partial charge in [0.1, 0.15) is 0 Å². The zero-order chi connectivity index (χ0) is 12.3. The smallest absolute Gasteiger partial charge is 0.0361 e. The molecule has 0 aromatic heterocycles. The van der Waals surface area contributed by atoms with E-state index in [0.29, 0.717) is 0 Å². The molecule has 17 heavy (non-hydrogen) atoms. The second-order valence-electron chi connectivity index (χ2n) is 4.16. The largest absolute Gasteiger partial charge is 0.378 e. The highest BCUT2D eigenvalue weighted by molar-refractivity contribution is 5.66. The van der Waals surface area contributed by atoms with Crippen LogP contribution in [0.25, 0.3) is 11.1 Å². The monoisotopic (exact) mass is 221 g/mol. The van der Waals surface area contributed by atoms with Crippen LogP contribution in [-0.2, 0) is 0 Å². The van der Waals surface area contributed by atoms with Crippen LogP contribution in [0, 0.1) is 12.3 Å². The van der Waals surface area contributed by atoms with Crippen LogP contribution in [0.5, 0.6) is 0 Å². The SMILES string of the molecule is C#Cc1ccc(-c2ccc(N(C)C)cc2)cc1. The summed E-state index contributed by atoms with van der Waals surface area (Å²) in [5, 5.41) is 0. The first kappa shape index (κ1) is 11.3. The third-order valence-corrected chi connectivity index (χ3v) is 2.77. The van der Waals surface area contributed by atoms with Crippen molar-refractivity contribution in [3.05, 3.63) is 54.1 Å². The third kappa shape index (κ3) is 2.49. The lowest BCUT2D eigenvalue weighted by molar-refractivity contribution is 1.13. The van der Waals surface area contributed by atoms with Gasteiger partial charge in [-0.05, 0) is 35.4 Å². The Labute approximate surface area is 103 Å². The Morgan fingerprint density at radius 3 is 1.71 bits per heavy atom. The van der Waals surface area contributed by atoms with Crippen LogP contribution in [0.15, 0.2) is 48.5 Å². The summed E-state index contributed by atoms with van der Waals surface area (Å²) in [7, 11) is 4.08. The first-order chi connectivity index (χ1) is 8.20. The molecule has 0 fully saturated rings. The van der Waals surface area contributed by atoms with Gasteiger partial charge in [0, 0.05) is 25.3 Å². The molecule has 0 heterocycles. The summed E-state index contributed by atoms with van der Waals surface area (Å²) >= 11 is 0. The van der Waals surface area contributed by atoms with Crippen LogP contribution in [0.1, 0.15) is 5.56 Å². The van der Waals surface area contributed by atoms with Crippen LogP contribution in [0.4, 0.5) is 5.69 Å². The van der Waals surface area contributed by atoms with Gasteiger partial charge in [-0.15, -0.1) is 6.42 Å². The molecule has 84 valence electrons. The molecule has 2 aromatic carbocycles. The van der Waals surface area contributed by atoms with E-state index in [1.165, 1.54) is 16.8 Å². The van der Waals surface area contributed by atoms with Gasteiger partial charge in [-0.1, -0.05) is 30.2 Å². The van der Waals surface area contributed by atoms with Gasteiger partial charge in [-0.3, -0.25) is 0 Å². The first-order valence-corrected chi connectivity index (χ1v) is 5.55. The molecule has 2 rings (SSSR count). The van der Waals surface area contributed by atoms with E-state index in [9.17, 15) is 0 Å². The lowest BCUT2D eigenvalue weighted by Crippen LogP contribution is -2.07. The van der Waals surface area contributed by atoms with Gasteiger partial charge in [0.2, 0.25) is 0 Å². The standard InChI is InChI=1S/C16H15N/c1-4-13-5-7-14(8-6-13)15-9-11-16(12-10-15)17(2)3/h1,5-12H,2-3H3. The summed E-state index contributed by atoms with van der Waals surface area (Å²) in [6.07, 6.45) is 5.34. The fourth-order valence-electron chi connectivity index (χ4n) is 1.71. The molecule has 0 saturated heterocycles. The number of hydrogen-bond donors (Lipinski definition) is 0. The van der Waals surface area contributed by atoms with Gasteiger partial charge < -0.3 is 4.90 Å². The minimum atomic E-state index is 0.915. The first-order valence-electron chi connectivity index (χ1n) is 5.55. The average molecular weight is 221 g/mol. The van der Waals surface area contributed by atoms with E-state index < -0.39 is 0 Å². The van der Waals surface area contributed by atoms with Crippen molar-refractivity contribution in [3.63, 3.8) is 0 Å². The van der Waals surface area contributed by atoms with E-state index in [0.717, 1.165) is 5.56 Å². The Morgan fingerprint density at radius 2 is 1.29 bits per heavy atom. The molecule has 0 saturated carbocycles. The molecule has 0 radical (unpaired) electrons. The van der Waals surface area contributed by atoms with E-state index in [2.05, 4.69) is 47.2 Å². The van der Waals surface area contributed by atoms with Crippen molar-refractivity contribution >= 4 is 5.69 Å². The molecule has 0 atom stereocenters. The summed E-state index contributed by atoms with van der Waals surface area (Å²) in [4.78, 5) is 2.09. The van der Waals surface area contributed by atoms with Crippen molar-refractivity contribution in [3.8, 4) is 23.5 Å². The van der Waals surface area contributed by atoms with Crippen LogP contribution in [-0.4, -0.2) is 14.1 Å². The summed E-state index contributed by atoms with van der Waals surface area (Å²) in [5.74, 6) is 2.62. The Bertz CT molecular complexity index is 527. The highest BCUT2D eigenvalue weighted by Gasteiger charge is 1.99. The molecular weight excluding hydrogens is 206 g/mol. The van der Waals surface area contributed by atoms with E-state index in [4.69, 9.17) is 6.42 Å². The highest BCUT2D eigenvalue weighted by Crippen LogP contribution is 2.22. The molecule has 0 bridgehead atoms. The lowest BCUT2D eigenvalue weighted by atomic mass is 10.0. The van der Waals surface area contributed by atoms with Crippen molar-refractivity contribution in [2.45, 2.75) is 0 Å². The van der Waals surface area contributed by atoms with E-state index in [1.807, 2.05) is 26.2 Å². The minimum Gasteiger partial charge on any atom is -0.378 e. The summed E-state index contributed by atoms with van der Waals surface area (Å²) in [6, 6.07) is 16.5. The second-order valence-corrected chi connectivity index (χ2v) is 4.16. The highest BCUT2D eigenvalue weighted by atomic mass is 15.1. The zero-order valence-corrected chi connectivity index (χ0v) is 10.1. The Kier molecular flexibility index (Phi) is 3.16. The molecular formula is C16H15N. The number of benzene rings is 2. The van der Waals surface area contributed by atoms with E-state index in [-0.39, 0.29) is 0 Å². The third-order valence-electron chi connectivity index (χ3n) is 2.77. The molecule has 1 nitrogen and oxygen atoms in total. The summed E-state index contributed by atoms with van der Waals surface area (Å²) in [6.45, 7) is 0. The number of hydrogen-bond acceptors (Lipinski definition) is 1. The minimum absolute atomic E-state index is 0.915. The average Bonchev–Trinajstić information content (AvgIpc) is 2.39. The number of terminal acetylenes is 1. The van der Waals surface area contributed by atoms with Crippen molar-refractivity contribution in [2.75, 3.05) is 19.0 Å². The van der Waals surface area contributed by atoms with Crippen LogP contribution >= 0.6 is 0 Å². The number of anilines is 1. The molecule has 0 aliphatic carbocycles. The predicted molar refractivity (Wildman–Crippen MR) is 74.1 cm³/mol. The van der Waals surface area contributed by atoms with E-state index >= 15 is 0 Å². The Hall–Kier alpha value is -2.20. The molecule has 0 N–H and O–H groups in total. The van der Waals surface area contributed by atoms with Gasteiger partial charge in [0.25, 0.3) is 0 Å². The van der Waals surface area contributed by atoms with Gasteiger partial charge in [0.05, 0.1) is 0 Å². The zero-order valence-electron chi connectivity index (χ0n) is 10.1. The van der Waals surface area contributed by atoms with Crippen molar-refractivity contribution < 1.29 is 0 Å².